The van der Waals surface area contributed by atoms with E-state index in [9.17, 15) is 13.2 Å². The fraction of sp³-hybridized carbons (Fsp3) is 0.346. The predicted molar refractivity (Wildman–Crippen MR) is 134 cm³/mol. The third kappa shape index (κ3) is 4.45. The van der Waals surface area contributed by atoms with Gasteiger partial charge in [0.05, 0.1) is 4.90 Å². The Morgan fingerprint density at radius 2 is 1.68 bits per heavy atom. The molecule has 1 amide bonds. The maximum Gasteiger partial charge on any atom is 0.243 e. The topological polar surface area (TPSA) is 83.7 Å². The second-order valence-electron chi connectivity index (χ2n) is 9.13. The highest BCUT2D eigenvalue weighted by atomic mass is 35.5. The number of halogens is 1. The molecule has 5 rings (SSSR count). The van der Waals surface area contributed by atoms with Gasteiger partial charge in [0, 0.05) is 43.7 Å². The van der Waals surface area contributed by atoms with E-state index in [4.69, 9.17) is 17.3 Å². The number of hydrogen-bond acceptors (Lipinski definition) is 4. The van der Waals surface area contributed by atoms with Crippen LogP contribution in [0.5, 0.6) is 0 Å². The molecule has 2 aliphatic rings. The van der Waals surface area contributed by atoms with Crippen molar-refractivity contribution in [2.45, 2.75) is 30.7 Å². The molecule has 1 fully saturated rings. The minimum Gasteiger partial charge on any atom is -0.340 e. The monoisotopic (exact) mass is 497 g/mol. The molecule has 1 heterocycles. The molecule has 1 saturated heterocycles. The molecule has 1 unspecified atom stereocenters. The van der Waals surface area contributed by atoms with Gasteiger partial charge < -0.3 is 10.6 Å². The molecule has 0 bridgehead atoms. The zero-order chi connectivity index (χ0) is 23.9. The molecule has 1 atom stereocenters. The second-order valence-corrected chi connectivity index (χ2v) is 11.5. The van der Waals surface area contributed by atoms with Crippen molar-refractivity contribution in [3.63, 3.8) is 0 Å². The van der Waals surface area contributed by atoms with Crippen LogP contribution in [0.1, 0.15) is 23.1 Å². The van der Waals surface area contributed by atoms with Crippen molar-refractivity contribution in [2.24, 2.45) is 11.7 Å². The number of rotatable bonds is 4. The Bertz CT molecular complexity index is 1350. The molecule has 2 N–H and O–H groups in total. The predicted octanol–water partition coefficient (Wildman–Crippen LogP) is 3.59. The van der Waals surface area contributed by atoms with E-state index in [1.165, 1.54) is 15.4 Å². The zero-order valence-electron chi connectivity index (χ0n) is 18.9. The Balaban J connectivity index is 1.24. The van der Waals surface area contributed by atoms with Crippen LogP contribution in [-0.2, 0) is 34.2 Å². The first kappa shape index (κ1) is 23.3. The van der Waals surface area contributed by atoms with Crippen LogP contribution >= 0.6 is 11.6 Å². The van der Waals surface area contributed by atoms with Crippen LogP contribution in [0.25, 0.3) is 10.8 Å². The molecular formula is C26H28ClN3O3S. The van der Waals surface area contributed by atoms with Gasteiger partial charge in [-0.1, -0.05) is 41.9 Å². The van der Waals surface area contributed by atoms with Crippen LogP contribution in [0.3, 0.4) is 0 Å². The second kappa shape index (κ2) is 9.30. The van der Waals surface area contributed by atoms with Crippen LogP contribution < -0.4 is 5.73 Å². The van der Waals surface area contributed by atoms with Crippen LogP contribution in [0, 0.1) is 5.92 Å². The zero-order valence-corrected chi connectivity index (χ0v) is 20.5. The van der Waals surface area contributed by atoms with E-state index in [0.717, 1.165) is 35.6 Å². The number of sulfonamides is 1. The maximum absolute atomic E-state index is 13.3. The minimum atomic E-state index is -3.63. The van der Waals surface area contributed by atoms with Gasteiger partial charge in [-0.2, -0.15) is 4.31 Å². The van der Waals surface area contributed by atoms with E-state index in [0.29, 0.717) is 37.7 Å². The summed E-state index contributed by atoms with van der Waals surface area (Å²) in [5.74, 6) is 0.0832. The van der Waals surface area contributed by atoms with Crippen LogP contribution in [0.4, 0.5) is 0 Å². The molecule has 3 aromatic rings. The number of carbonyl (C=O) groups is 1. The Morgan fingerprint density at radius 3 is 2.44 bits per heavy atom. The van der Waals surface area contributed by atoms with E-state index in [-0.39, 0.29) is 16.7 Å². The molecule has 0 saturated carbocycles. The number of fused-ring (bicyclic) bond motifs is 2. The molecule has 178 valence electrons. The van der Waals surface area contributed by atoms with E-state index in [1.807, 2.05) is 23.1 Å². The lowest BCUT2D eigenvalue weighted by molar-refractivity contribution is -0.137. The first-order valence-electron chi connectivity index (χ1n) is 11.6. The summed E-state index contributed by atoms with van der Waals surface area (Å²) >= 11 is 6.04. The summed E-state index contributed by atoms with van der Waals surface area (Å²) in [4.78, 5) is 15.3. The molecular weight excluding hydrogens is 470 g/mol. The average Bonchev–Trinajstić information content (AvgIpc) is 2.87. The number of aryl methyl sites for hydroxylation is 1. The van der Waals surface area contributed by atoms with Gasteiger partial charge in [0.25, 0.3) is 0 Å². The van der Waals surface area contributed by atoms with Crippen molar-refractivity contribution >= 4 is 38.3 Å². The van der Waals surface area contributed by atoms with E-state index in [2.05, 4.69) is 12.1 Å². The molecule has 1 aliphatic heterocycles. The van der Waals surface area contributed by atoms with Crippen molar-refractivity contribution in [3.05, 3.63) is 76.3 Å². The lowest BCUT2D eigenvalue weighted by Gasteiger charge is -2.36. The van der Waals surface area contributed by atoms with Crippen molar-refractivity contribution in [2.75, 3.05) is 26.2 Å². The summed E-state index contributed by atoms with van der Waals surface area (Å²) < 4.78 is 28.0. The van der Waals surface area contributed by atoms with Gasteiger partial charge in [-0.15, -0.1) is 0 Å². The Kier molecular flexibility index (Phi) is 6.37. The van der Waals surface area contributed by atoms with Gasteiger partial charge in [0.2, 0.25) is 15.9 Å². The summed E-state index contributed by atoms with van der Waals surface area (Å²) in [5.41, 5.74) is 9.39. The van der Waals surface area contributed by atoms with Gasteiger partial charge in [-0.3, -0.25) is 4.79 Å². The molecule has 6 nitrogen and oxygen atoms in total. The summed E-state index contributed by atoms with van der Waals surface area (Å²) in [6.07, 6.45) is 2.43. The summed E-state index contributed by atoms with van der Waals surface area (Å²) in [7, 11) is -3.63. The normalized spacial score (nSPS) is 19.2. The number of nitrogens with two attached hydrogens (primary N) is 1. The van der Waals surface area contributed by atoms with E-state index < -0.39 is 10.0 Å². The maximum atomic E-state index is 13.3. The number of benzene rings is 3. The fourth-order valence-electron chi connectivity index (χ4n) is 5.06. The molecule has 0 aromatic heterocycles. The van der Waals surface area contributed by atoms with Gasteiger partial charge in [-0.05, 0) is 71.0 Å². The molecule has 0 radical (unpaired) electrons. The first-order valence-corrected chi connectivity index (χ1v) is 13.5. The van der Waals surface area contributed by atoms with Gasteiger partial charge in [-0.25, -0.2) is 8.42 Å². The summed E-state index contributed by atoms with van der Waals surface area (Å²) in [5, 5.41) is 2.34. The third-order valence-corrected chi connectivity index (χ3v) is 9.18. The molecule has 0 spiro atoms. The summed E-state index contributed by atoms with van der Waals surface area (Å²) in [6.45, 7) is 1.95. The molecule has 1 aliphatic carbocycles. The SMILES string of the molecule is NCc1ccc2c(c1)CCC(C(=O)N1CCN(S(=O)(=O)c3ccc4cc(Cl)ccc4c3)CC1)C2. The molecule has 34 heavy (non-hydrogen) atoms. The number of piperazine rings is 1. The Labute approximate surface area is 205 Å². The van der Waals surface area contributed by atoms with E-state index in [1.54, 1.807) is 24.3 Å². The van der Waals surface area contributed by atoms with Gasteiger partial charge in [0.15, 0.2) is 0 Å². The lowest BCUT2D eigenvalue weighted by Crippen LogP contribution is -2.52. The largest absolute Gasteiger partial charge is 0.340 e. The Morgan fingerprint density at radius 1 is 0.941 bits per heavy atom. The van der Waals surface area contributed by atoms with Crippen LogP contribution in [-0.4, -0.2) is 49.7 Å². The third-order valence-electron chi connectivity index (χ3n) is 7.05. The van der Waals surface area contributed by atoms with Crippen molar-refractivity contribution < 1.29 is 13.2 Å². The van der Waals surface area contributed by atoms with Crippen molar-refractivity contribution in [1.29, 1.82) is 0 Å². The first-order chi connectivity index (χ1) is 16.3. The number of amides is 1. The van der Waals surface area contributed by atoms with E-state index >= 15 is 0 Å². The highest BCUT2D eigenvalue weighted by Crippen LogP contribution is 2.29. The van der Waals surface area contributed by atoms with Gasteiger partial charge in [0.1, 0.15) is 0 Å². The molecule has 3 aromatic carbocycles. The number of hydrogen-bond donors (Lipinski definition) is 1. The lowest BCUT2D eigenvalue weighted by atomic mass is 9.82. The summed E-state index contributed by atoms with van der Waals surface area (Å²) in [6, 6.07) is 16.8. The van der Waals surface area contributed by atoms with Crippen molar-refractivity contribution in [3.8, 4) is 0 Å². The smallest absolute Gasteiger partial charge is 0.243 e. The quantitative estimate of drug-likeness (QED) is 0.597. The van der Waals surface area contributed by atoms with Crippen LogP contribution in [0.15, 0.2) is 59.5 Å². The Hall–Kier alpha value is -2.45. The van der Waals surface area contributed by atoms with Crippen LogP contribution in [0.2, 0.25) is 5.02 Å². The number of carbonyl (C=O) groups excluding carboxylic acids is 1. The number of nitrogens with zero attached hydrogens (tertiary/aromatic N) is 2. The molecule has 8 heteroatoms. The minimum absolute atomic E-state index is 0.0494. The standard InChI is InChI=1S/C26H28ClN3O3S/c27-24-7-5-22-16-25(8-6-21(22)15-24)34(32,33)30-11-9-29(10-12-30)26(31)23-4-3-19-13-18(17-28)1-2-20(19)14-23/h1-2,5-8,13,15-16,23H,3-4,9-12,14,17,28H2. The van der Waals surface area contributed by atoms with Gasteiger partial charge >= 0.3 is 0 Å². The average molecular weight is 498 g/mol. The fourth-order valence-corrected chi connectivity index (χ4v) is 6.70. The van der Waals surface area contributed by atoms with Crippen molar-refractivity contribution in [1.82, 2.24) is 9.21 Å². The highest BCUT2D eigenvalue weighted by Gasteiger charge is 2.34. The highest BCUT2D eigenvalue weighted by molar-refractivity contribution is 7.89.